The van der Waals surface area contributed by atoms with Gasteiger partial charge in [-0.1, -0.05) is 48.5 Å². The Balaban J connectivity index is 1.90. The fourth-order valence-electron chi connectivity index (χ4n) is 2.60. The summed E-state index contributed by atoms with van der Waals surface area (Å²) in [5.41, 5.74) is 0.835. The normalized spacial score (nSPS) is 23.2. The lowest BCUT2D eigenvalue weighted by atomic mass is 10.0. The van der Waals surface area contributed by atoms with E-state index >= 15 is 0 Å². The van der Waals surface area contributed by atoms with Crippen LogP contribution in [0.1, 0.15) is 36.0 Å². The highest BCUT2D eigenvalue weighted by molar-refractivity contribution is 8.14. The van der Waals surface area contributed by atoms with E-state index in [2.05, 4.69) is 5.32 Å². The zero-order chi connectivity index (χ0) is 12.8. The van der Waals surface area contributed by atoms with E-state index in [0.29, 0.717) is 11.2 Å². The van der Waals surface area contributed by atoms with Gasteiger partial charge in [0.25, 0.3) is 0 Å². The molecule has 0 amide bonds. The van der Waals surface area contributed by atoms with Crippen molar-refractivity contribution in [3.63, 3.8) is 0 Å². The highest BCUT2D eigenvalue weighted by atomic mass is 32.2. The van der Waals surface area contributed by atoms with Crippen molar-refractivity contribution < 1.29 is 4.79 Å². The van der Waals surface area contributed by atoms with Gasteiger partial charge in [0.1, 0.15) is 0 Å². The zero-order valence-electron chi connectivity index (χ0n) is 10.9. The number of rotatable bonds is 5. The molecule has 2 nitrogen and oxygen atoms in total. The molecule has 98 valence electrons. The van der Waals surface area contributed by atoms with E-state index in [-0.39, 0.29) is 5.12 Å². The van der Waals surface area contributed by atoms with Crippen LogP contribution in [0.4, 0.5) is 0 Å². The molecule has 1 aliphatic rings. The lowest BCUT2D eigenvalue weighted by Crippen LogP contribution is -2.18. The van der Waals surface area contributed by atoms with Gasteiger partial charge in [-0.15, -0.1) is 0 Å². The lowest BCUT2D eigenvalue weighted by molar-refractivity contribution is 0.108. The fourth-order valence-corrected chi connectivity index (χ4v) is 3.89. The number of nitrogens with one attached hydrogen (secondary N) is 1. The van der Waals surface area contributed by atoms with Crippen molar-refractivity contribution in [3.05, 3.63) is 35.9 Å². The molecule has 0 spiro atoms. The summed E-state index contributed by atoms with van der Waals surface area (Å²) in [7, 11) is 1.99. The van der Waals surface area contributed by atoms with Crippen LogP contribution in [-0.4, -0.2) is 24.0 Å². The van der Waals surface area contributed by atoms with Gasteiger partial charge in [-0.3, -0.25) is 4.79 Å². The third kappa shape index (κ3) is 3.59. The molecule has 1 saturated carbocycles. The third-order valence-electron chi connectivity index (χ3n) is 3.62. The van der Waals surface area contributed by atoms with Gasteiger partial charge < -0.3 is 5.32 Å². The van der Waals surface area contributed by atoms with E-state index < -0.39 is 0 Å². The number of hydrogen-bond donors (Lipinski definition) is 1. The zero-order valence-corrected chi connectivity index (χ0v) is 11.7. The summed E-state index contributed by atoms with van der Waals surface area (Å²) in [6, 6.07) is 9.63. The lowest BCUT2D eigenvalue weighted by Gasteiger charge is -2.18. The van der Waals surface area contributed by atoms with Crippen molar-refractivity contribution in [3.8, 4) is 0 Å². The molecule has 0 aromatic heterocycles. The number of hydrogen-bond acceptors (Lipinski definition) is 3. The Morgan fingerprint density at radius 3 is 2.83 bits per heavy atom. The Morgan fingerprint density at radius 1 is 1.33 bits per heavy atom. The van der Waals surface area contributed by atoms with Crippen LogP contribution < -0.4 is 5.32 Å². The van der Waals surface area contributed by atoms with E-state index in [4.69, 9.17) is 0 Å². The van der Waals surface area contributed by atoms with E-state index in [9.17, 15) is 4.79 Å². The van der Waals surface area contributed by atoms with Crippen LogP contribution in [0, 0.1) is 5.92 Å². The van der Waals surface area contributed by atoms with Gasteiger partial charge in [0, 0.05) is 10.8 Å². The molecule has 0 radical (unpaired) electrons. The first-order valence-corrected chi connectivity index (χ1v) is 7.60. The van der Waals surface area contributed by atoms with Crippen molar-refractivity contribution in [1.82, 2.24) is 5.32 Å². The van der Waals surface area contributed by atoms with Gasteiger partial charge in [0.05, 0.1) is 0 Å². The highest BCUT2D eigenvalue weighted by Crippen LogP contribution is 2.38. The van der Waals surface area contributed by atoms with Crippen LogP contribution in [0.5, 0.6) is 0 Å². The molecule has 0 heterocycles. The smallest absolute Gasteiger partial charge is 0.219 e. The molecular formula is C15H21NOS. The van der Waals surface area contributed by atoms with Crippen LogP contribution in [0.25, 0.3) is 0 Å². The van der Waals surface area contributed by atoms with Crippen LogP contribution in [-0.2, 0) is 0 Å². The van der Waals surface area contributed by atoms with Gasteiger partial charge in [-0.25, -0.2) is 0 Å². The average molecular weight is 263 g/mol. The van der Waals surface area contributed by atoms with Crippen LogP contribution in [0.3, 0.4) is 0 Å². The summed E-state index contributed by atoms with van der Waals surface area (Å²) >= 11 is 1.55. The number of carbonyl (C=O) groups excluding carboxylic acids is 1. The first kappa shape index (κ1) is 13.6. The molecular weight excluding hydrogens is 242 g/mol. The molecule has 18 heavy (non-hydrogen) atoms. The van der Waals surface area contributed by atoms with Gasteiger partial charge in [0.15, 0.2) is 0 Å². The minimum Gasteiger partial charge on any atom is -0.320 e. The summed E-state index contributed by atoms with van der Waals surface area (Å²) in [4.78, 5) is 12.2. The van der Waals surface area contributed by atoms with Crippen molar-refractivity contribution in [2.45, 2.75) is 30.9 Å². The van der Waals surface area contributed by atoms with Gasteiger partial charge >= 0.3 is 0 Å². The van der Waals surface area contributed by atoms with Gasteiger partial charge in [-0.2, -0.15) is 0 Å². The van der Waals surface area contributed by atoms with Crippen molar-refractivity contribution in [1.29, 1.82) is 0 Å². The Hall–Kier alpha value is -0.800. The van der Waals surface area contributed by atoms with E-state index in [1.54, 1.807) is 11.8 Å². The fraction of sp³-hybridized carbons (Fsp3) is 0.533. The van der Waals surface area contributed by atoms with Crippen molar-refractivity contribution in [2.75, 3.05) is 13.6 Å². The molecule has 2 atom stereocenters. The molecule has 0 bridgehead atoms. The average Bonchev–Trinajstić information content (AvgIpc) is 2.84. The SMILES string of the molecule is CNCC[C@@H]1CCCC1SC(=O)c1ccccc1. The molecule has 1 aromatic rings. The minimum atomic E-state index is 0.233. The largest absolute Gasteiger partial charge is 0.320 e. The molecule has 1 N–H and O–H groups in total. The van der Waals surface area contributed by atoms with E-state index in [0.717, 1.165) is 12.1 Å². The van der Waals surface area contributed by atoms with Crippen molar-refractivity contribution >= 4 is 16.9 Å². The van der Waals surface area contributed by atoms with Gasteiger partial charge in [-0.05, 0) is 38.8 Å². The van der Waals surface area contributed by atoms with Crippen LogP contribution in [0.2, 0.25) is 0 Å². The quantitative estimate of drug-likeness (QED) is 0.883. The topological polar surface area (TPSA) is 29.1 Å². The summed E-state index contributed by atoms with van der Waals surface area (Å²) in [6.07, 6.45) is 4.93. The number of benzene rings is 1. The van der Waals surface area contributed by atoms with Crippen LogP contribution >= 0.6 is 11.8 Å². The molecule has 3 heteroatoms. The maximum Gasteiger partial charge on any atom is 0.219 e. The number of carbonyl (C=O) groups is 1. The predicted molar refractivity (Wildman–Crippen MR) is 78.0 cm³/mol. The summed E-state index contributed by atoms with van der Waals surface area (Å²) in [5.74, 6) is 0.704. The maximum absolute atomic E-state index is 12.2. The molecule has 1 unspecified atom stereocenters. The molecule has 1 aromatic carbocycles. The molecule has 1 aliphatic carbocycles. The van der Waals surface area contributed by atoms with E-state index in [1.807, 2.05) is 37.4 Å². The van der Waals surface area contributed by atoms with E-state index in [1.165, 1.54) is 25.7 Å². The predicted octanol–water partition coefficient (Wildman–Crippen LogP) is 3.34. The molecule has 0 saturated heterocycles. The summed E-state index contributed by atoms with van der Waals surface area (Å²) < 4.78 is 0. The maximum atomic E-state index is 12.2. The van der Waals surface area contributed by atoms with Gasteiger partial charge in [0.2, 0.25) is 5.12 Å². The second-order valence-corrected chi connectivity index (χ2v) is 6.10. The van der Waals surface area contributed by atoms with Crippen LogP contribution in [0.15, 0.2) is 30.3 Å². The molecule has 2 rings (SSSR count). The highest BCUT2D eigenvalue weighted by Gasteiger charge is 2.29. The molecule has 1 fully saturated rings. The Labute approximate surface area is 114 Å². The first-order chi connectivity index (χ1) is 8.81. The Kier molecular flexibility index (Phi) is 5.26. The van der Waals surface area contributed by atoms with Crippen molar-refractivity contribution in [2.24, 2.45) is 5.92 Å². The first-order valence-electron chi connectivity index (χ1n) is 6.72. The molecule has 0 aliphatic heterocycles. The summed E-state index contributed by atoms with van der Waals surface area (Å²) in [6.45, 7) is 1.06. The standard InChI is InChI=1S/C15H21NOS/c1-16-11-10-12-8-5-9-14(12)18-15(17)13-6-3-2-4-7-13/h2-4,6-7,12,14,16H,5,8-11H2,1H3/t12-,14?/m0/s1. The third-order valence-corrected chi connectivity index (χ3v) is 5.00. The number of thioether (sulfide) groups is 1. The minimum absolute atomic E-state index is 0.233. The summed E-state index contributed by atoms with van der Waals surface area (Å²) in [5, 5.41) is 3.96. The second kappa shape index (κ2) is 6.95. The Morgan fingerprint density at radius 2 is 2.11 bits per heavy atom. The second-order valence-electron chi connectivity index (χ2n) is 4.89. The Bertz CT molecular complexity index is 379. The monoisotopic (exact) mass is 263 g/mol.